The van der Waals surface area contributed by atoms with Crippen LogP contribution in [0.5, 0.6) is 5.75 Å². The lowest BCUT2D eigenvalue weighted by atomic mass is 10.1. The van der Waals surface area contributed by atoms with Crippen molar-refractivity contribution in [1.82, 2.24) is 4.98 Å². The van der Waals surface area contributed by atoms with Gasteiger partial charge in [-0.25, -0.2) is 4.98 Å². The zero-order valence-corrected chi connectivity index (χ0v) is 15.1. The number of carbonyl (C=O) groups is 1. The Labute approximate surface area is 159 Å². The van der Waals surface area contributed by atoms with Gasteiger partial charge in [-0.05, 0) is 42.7 Å². The highest BCUT2D eigenvalue weighted by atomic mass is 16.5. The van der Waals surface area contributed by atoms with Gasteiger partial charge in [0.05, 0.1) is 11.9 Å². The van der Waals surface area contributed by atoms with Crippen LogP contribution < -0.4 is 15.4 Å². The first kappa shape index (κ1) is 18.5. The molecule has 5 heteroatoms. The third-order valence-corrected chi connectivity index (χ3v) is 3.95. The highest BCUT2D eigenvalue weighted by Crippen LogP contribution is 2.11. The van der Waals surface area contributed by atoms with Gasteiger partial charge in [0, 0.05) is 6.54 Å². The number of ether oxygens (including phenoxy) is 1. The fourth-order valence-electron chi connectivity index (χ4n) is 2.59. The lowest BCUT2D eigenvalue weighted by Gasteiger charge is -2.09. The lowest BCUT2D eigenvalue weighted by Crippen LogP contribution is -2.20. The average molecular weight is 361 g/mol. The molecule has 3 aromatic rings. The minimum Gasteiger partial charge on any atom is -0.484 e. The van der Waals surface area contributed by atoms with Gasteiger partial charge < -0.3 is 15.4 Å². The molecule has 2 aromatic carbocycles. The number of nitrogens with zero attached hydrogens (tertiary/aromatic N) is 1. The molecule has 3 rings (SSSR count). The number of amides is 1. The number of rotatable bonds is 9. The Hall–Kier alpha value is -3.34. The van der Waals surface area contributed by atoms with Gasteiger partial charge in [-0.2, -0.15) is 0 Å². The fourth-order valence-corrected chi connectivity index (χ4v) is 2.59. The van der Waals surface area contributed by atoms with Crippen molar-refractivity contribution in [3.05, 3.63) is 84.6 Å². The number of hydrogen-bond donors (Lipinski definition) is 2. The number of nitrogens with one attached hydrogen (secondary N) is 2. The third-order valence-electron chi connectivity index (χ3n) is 3.95. The lowest BCUT2D eigenvalue weighted by molar-refractivity contribution is -0.118. The van der Waals surface area contributed by atoms with Crippen molar-refractivity contribution in [1.29, 1.82) is 0 Å². The number of anilines is 2. The van der Waals surface area contributed by atoms with E-state index >= 15 is 0 Å². The first-order valence-corrected chi connectivity index (χ1v) is 9.01. The quantitative estimate of drug-likeness (QED) is 0.562. The molecule has 0 atom stereocenters. The molecule has 2 N–H and O–H groups in total. The highest BCUT2D eigenvalue weighted by molar-refractivity contribution is 5.91. The summed E-state index contributed by atoms with van der Waals surface area (Å²) in [6, 6.07) is 23.4. The summed E-state index contributed by atoms with van der Waals surface area (Å²) in [6.07, 6.45) is 3.70. The summed E-state index contributed by atoms with van der Waals surface area (Å²) in [5.41, 5.74) is 1.98. The molecular weight excluding hydrogens is 338 g/mol. The van der Waals surface area contributed by atoms with Crippen LogP contribution in [0.25, 0.3) is 0 Å². The van der Waals surface area contributed by atoms with Gasteiger partial charge in [-0.3, -0.25) is 4.79 Å². The molecule has 1 amide bonds. The SMILES string of the molecule is O=C(COc1ccccc1)Nc1ccc(NCCCc2ccccc2)nc1. The maximum absolute atomic E-state index is 11.9. The van der Waals surface area contributed by atoms with E-state index in [1.54, 1.807) is 6.20 Å². The van der Waals surface area contributed by atoms with E-state index in [2.05, 4.69) is 39.9 Å². The minimum atomic E-state index is -0.218. The van der Waals surface area contributed by atoms with Crippen LogP contribution in [0.2, 0.25) is 0 Å². The van der Waals surface area contributed by atoms with E-state index in [-0.39, 0.29) is 12.5 Å². The van der Waals surface area contributed by atoms with E-state index in [1.807, 2.05) is 48.5 Å². The number of benzene rings is 2. The van der Waals surface area contributed by atoms with Crippen molar-refractivity contribution in [3.63, 3.8) is 0 Å². The topological polar surface area (TPSA) is 63.2 Å². The zero-order valence-electron chi connectivity index (χ0n) is 15.1. The van der Waals surface area contributed by atoms with Crippen molar-refractivity contribution in [3.8, 4) is 5.75 Å². The summed E-state index contributed by atoms with van der Waals surface area (Å²) < 4.78 is 5.42. The van der Waals surface area contributed by atoms with Gasteiger partial charge in [0.1, 0.15) is 11.6 Å². The fraction of sp³-hybridized carbons (Fsp3) is 0.182. The monoisotopic (exact) mass is 361 g/mol. The molecule has 0 fully saturated rings. The second kappa shape index (κ2) is 9.97. The normalized spacial score (nSPS) is 10.2. The molecular formula is C22H23N3O2. The summed E-state index contributed by atoms with van der Waals surface area (Å²) in [7, 11) is 0. The average Bonchev–Trinajstić information content (AvgIpc) is 2.72. The molecule has 0 saturated heterocycles. The molecule has 0 aliphatic carbocycles. The third kappa shape index (κ3) is 6.47. The molecule has 0 saturated carbocycles. The van der Waals surface area contributed by atoms with E-state index in [4.69, 9.17) is 4.74 Å². The number of carbonyl (C=O) groups excluding carboxylic acids is 1. The minimum absolute atomic E-state index is 0.0382. The van der Waals surface area contributed by atoms with Crippen molar-refractivity contribution in [2.24, 2.45) is 0 Å². The molecule has 0 aliphatic heterocycles. The van der Waals surface area contributed by atoms with Gasteiger partial charge in [0.15, 0.2) is 6.61 Å². The summed E-state index contributed by atoms with van der Waals surface area (Å²) in [5.74, 6) is 1.24. The molecule has 0 unspecified atom stereocenters. The Morgan fingerprint density at radius 2 is 1.67 bits per heavy atom. The summed E-state index contributed by atoms with van der Waals surface area (Å²) in [4.78, 5) is 16.3. The second-order valence-electron chi connectivity index (χ2n) is 6.10. The van der Waals surface area contributed by atoms with Gasteiger partial charge in [-0.1, -0.05) is 48.5 Å². The number of para-hydroxylation sites is 1. The van der Waals surface area contributed by atoms with Crippen molar-refractivity contribution in [2.75, 3.05) is 23.8 Å². The predicted molar refractivity (Wildman–Crippen MR) is 108 cm³/mol. The molecule has 27 heavy (non-hydrogen) atoms. The van der Waals surface area contributed by atoms with E-state index in [1.165, 1.54) is 5.56 Å². The summed E-state index contributed by atoms with van der Waals surface area (Å²) in [5, 5.41) is 6.07. The molecule has 0 radical (unpaired) electrons. The molecule has 0 aliphatic rings. The number of aromatic nitrogens is 1. The Balaban J connectivity index is 1.37. The van der Waals surface area contributed by atoms with E-state index in [9.17, 15) is 4.79 Å². The maximum Gasteiger partial charge on any atom is 0.262 e. The molecule has 5 nitrogen and oxygen atoms in total. The van der Waals surface area contributed by atoms with E-state index < -0.39 is 0 Å². The Morgan fingerprint density at radius 1 is 0.926 bits per heavy atom. The highest BCUT2D eigenvalue weighted by Gasteiger charge is 2.04. The Morgan fingerprint density at radius 3 is 2.37 bits per heavy atom. The predicted octanol–water partition coefficient (Wildman–Crippen LogP) is 4.14. The first-order chi connectivity index (χ1) is 13.3. The van der Waals surface area contributed by atoms with Crippen LogP contribution >= 0.6 is 0 Å². The molecule has 1 aromatic heterocycles. The largest absolute Gasteiger partial charge is 0.484 e. The Kier molecular flexibility index (Phi) is 6.81. The summed E-state index contributed by atoms with van der Waals surface area (Å²) in [6.45, 7) is 0.808. The van der Waals surface area contributed by atoms with E-state index in [0.29, 0.717) is 11.4 Å². The van der Waals surface area contributed by atoms with Crippen LogP contribution in [0.3, 0.4) is 0 Å². The van der Waals surface area contributed by atoms with Crippen molar-refractivity contribution < 1.29 is 9.53 Å². The number of aryl methyl sites for hydroxylation is 1. The molecule has 0 bridgehead atoms. The van der Waals surface area contributed by atoms with Crippen molar-refractivity contribution in [2.45, 2.75) is 12.8 Å². The molecule has 0 spiro atoms. The maximum atomic E-state index is 11.9. The Bertz CT molecular complexity index is 821. The number of pyridine rings is 1. The smallest absolute Gasteiger partial charge is 0.262 e. The molecule has 1 heterocycles. The first-order valence-electron chi connectivity index (χ1n) is 9.01. The van der Waals surface area contributed by atoms with E-state index in [0.717, 1.165) is 25.2 Å². The van der Waals surface area contributed by atoms with Crippen molar-refractivity contribution >= 4 is 17.4 Å². The van der Waals surface area contributed by atoms with Gasteiger partial charge in [0.2, 0.25) is 0 Å². The van der Waals surface area contributed by atoms with Gasteiger partial charge >= 0.3 is 0 Å². The van der Waals surface area contributed by atoms with Crippen LogP contribution in [0.1, 0.15) is 12.0 Å². The van der Waals surface area contributed by atoms with Gasteiger partial charge in [0.25, 0.3) is 5.91 Å². The van der Waals surface area contributed by atoms with Crippen LogP contribution in [-0.4, -0.2) is 24.0 Å². The van der Waals surface area contributed by atoms with Gasteiger partial charge in [-0.15, -0.1) is 0 Å². The standard InChI is InChI=1S/C22H23N3O2/c26-22(17-27-20-11-5-2-6-12-20)25-19-13-14-21(24-16-19)23-15-7-10-18-8-3-1-4-9-18/h1-6,8-9,11-14,16H,7,10,15,17H2,(H,23,24)(H,25,26). The van der Waals surface area contributed by atoms with Crippen LogP contribution in [0, 0.1) is 0 Å². The summed E-state index contributed by atoms with van der Waals surface area (Å²) >= 11 is 0. The van der Waals surface area contributed by atoms with Crippen LogP contribution in [0.15, 0.2) is 79.0 Å². The van der Waals surface area contributed by atoms with Crippen LogP contribution in [-0.2, 0) is 11.2 Å². The zero-order chi connectivity index (χ0) is 18.7. The van der Waals surface area contributed by atoms with Crippen LogP contribution in [0.4, 0.5) is 11.5 Å². The second-order valence-corrected chi connectivity index (χ2v) is 6.10. The molecule has 138 valence electrons. The number of hydrogen-bond acceptors (Lipinski definition) is 4.